The number of fused-ring (bicyclic) bond motifs is 1. The Morgan fingerprint density at radius 3 is 2.54 bits per heavy atom. The minimum absolute atomic E-state index is 0.131. The molecule has 0 fully saturated rings. The third kappa shape index (κ3) is 3.09. The van der Waals surface area contributed by atoms with E-state index in [9.17, 15) is 4.79 Å². The normalized spacial score (nSPS) is 12.0. The average molecular weight is 384 g/mol. The van der Waals surface area contributed by atoms with Gasteiger partial charge in [-0.15, -0.1) is 10.2 Å². The summed E-state index contributed by atoms with van der Waals surface area (Å²) >= 11 is 7.22. The van der Waals surface area contributed by atoms with E-state index in [0.717, 1.165) is 16.9 Å². The first-order chi connectivity index (χ1) is 12.7. The van der Waals surface area contributed by atoms with Crippen LogP contribution in [-0.2, 0) is 0 Å². The Bertz CT molecular complexity index is 1160. The first-order valence-electron chi connectivity index (χ1n) is 8.04. The monoisotopic (exact) mass is 383 g/mol. The van der Waals surface area contributed by atoms with Crippen LogP contribution in [0.4, 0.5) is 0 Å². The predicted octanol–water partition coefficient (Wildman–Crippen LogP) is 3.42. The molecule has 0 bridgehead atoms. The molecule has 0 N–H and O–H groups in total. The Balaban J connectivity index is 1.80. The summed E-state index contributed by atoms with van der Waals surface area (Å²) in [5, 5.41) is 8.98. The van der Waals surface area contributed by atoms with Gasteiger partial charge < -0.3 is 4.74 Å². The molecule has 0 atom stereocenters. The van der Waals surface area contributed by atoms with E-state index in [2.05, 4.69) is 10.2 Å². The van der Waals surface area contributed by atoms with Crippen LogP contribution in [0.3, 0.4) is 0 Å². The van der Waals surface area contributed by atoms with Crippen molar-refractivity contribution in [3.05, 3.63) is 74.0 Å². The van der Waals surface area contributed by atoms with Crippen molar-refractivity contribution in [3.8, 4) is 17.1 Å². The summed E-state index contributed by atoms with van der Waals surface area (Å²) in [6.07, 6.45) is 1.83. The largest absolute Gasteiger partial charge is 0.494 e. The molecule has 0 aliphatic heterocycles. The van der Waals surface area contributed by atoms with Gasteiger partial charge in [-0.2, -0.15) is 0 Å². The molecule has 5 nitrogen and oxygen atoms in total. The molecule has 0 radical (unpaired) electrons. The van der Waals surface area contributed by atoms with Crippen molar-refractivity contribution in [3.63, 3.8) is 0 Å². The fraction of sp³-hybridized carbons (Fsp3) is 0.105. The molecule has 130 valence electrons. The molecular formula is C19H14ClN3O2S. The lowest BCUT2D eigenvalue weighted by atomic mass is 10.2. The van der Waals surface area contributed by atoms with E-state index in [1.165, 1.54) is 11.3 Å². The first kappa shape index (κ1) is 16.8. The summed E-state index contributed by atoms with van der Waals surface area (Å²) in [4.78, 5) is 13.4. The molecule has 0 aliphatic rings. The van der Waals surface area contributed by atoms with Crippen LogP contribution >= 0.6 is 22.9 Å². The van der Waals surface area contributed by atoms with E-state index in [-0.39, 0.29) is 5.56 Å². The van der Waals surface area contributed by atoms with Gasteiger partial charge in [0.05, 0.1) is 11.1 Å². The first-order valence-corrected chi connectivity index (χ1v) is 9.23. The quantitative estimate of drug-likeness (QED) is 0.542. The van der Waals surface area contributed by atoms with Crippen LogP contribution in [0.25, 0.3) is 22.4 Å². The second-order valence-electron chi connectivity index (χ2n) is 5.57. The number of nitrogens with zero attached hydrogens (tertiary/aromatic N) is 3. The van der Waals surface area contributed by atoms with Crippen LogP contribution in [0.5, 0.6) is 5.75 Å². The Morgan fingerprint density at radius 2 is 1.85 bits per heavy atom. The molecule has 0 unspecified atom stereocenters. The molecule has 4 aromatic rings. The number of ether oxygens (including phenoxy) is 1. The minimum Gasteiger partial charge on any atom is -0.494 e. The Kier molecular flexibility index (Phi) is 4.44. The van der Waals surface area contributed by atoms with Gasteiger partial charge in [0.25, 0.3) is 5.56 Å². The van der Waals surface area contributed by atoms with E-state index < -0.39 is 0 Å². The van der Waals surface area contributed by atoms with Crippen molar-refractivity contribution in [1.82, 2.24) is 14.6 Å². The lowest BCUT2D eigenvalue weighted by Crippen LogP contribution is -2.23. The number of halogens is 1. The third-order valence-electron chi connectivity index (χ3n) is 3.84. The molecule has 0 aliphatic carbocycles. The highest BCUT2D eigenvalue weighted by atomic mass is 35.5. The van der Waals surface area contributed by atoms with Crippen LogP contribution < -0.4 is 14.8 Å². The lowest BCUT2D eigenvalue weighted by Gasteiger charge is -2.03. The zero-order valence-corrected chi connectivity index (χ0v) is 15.4. The summed E-state index contributed by atoms with van der Waals surface area (Å²) in [6, 6.07) is 14.8. The second kappa shape index (κ2) is 6.90. The van der Waals surface area contributed by atoms with Crippen LogP contribution in [0.2, 0.25) is 5.02 Å². The maximum Gasteiger partial charge on any atom is 0.276 e. The number of hydrogen-bond acceptors (Lipinski definition) is 5. The molecule has 0 saturated heterocycles. The molecule has 0 spiro atoms. The molecule has 2 aromatic carbocycles. The molecule has 2 heterocycles. The molecule has 0 amide bonds. The highest BCUT2D eigenvalue weighted by Crippen LogP contribution is 2.21. The Hall–Kier alpha value is -2.70. The summed E-state index contributed by atoms with van der Waals surface area (Å²) in [5.41, 5.74) is 1.59. The van der Waals surface area contributed by atoms with Crippen LogP contribution in [0.1, 0.15) is 12.5 Å². The van der Waals surface area contributed by atoms with Crippen molar-refractivity contribution in [2.75, 3.05) is 6.61 Å². The minimum atomic E-state index is -0.131. The zero-order chi connectivity index (χ0) is 18.1. The van der Waals surface area contributed by atoms with Crippen molar-refractivity contribution < 1.29 is 4.74 Å². The van der Waals surface area contributed by atoms with E-state index in [1.807, 2.05) is 49.4 Å². The fourth-order valence-corrected chi connectivity index (χ4v) is 3.67. The van der Waals surface area contributed by atoms with Crippen molar-refractivity contribution in [2.24, 2.45) is 0 Å². The number of thiazole rings is 1. The van der Waals surface area contributed by atoms with Gasteiger partial charge >= 0.3 is 0 Å². The van der Waals surface area contributed by atoms with E-state index >= 15 is 0 Å². The highest BCUT2D eigenvalue weighted by Gasteiger charge is 2.14. The fourth-order valence-electron chi connectivity index (χ4n) is 2.63. The maximum atomic E-state index is 12.8. The number of rotatable bonds is 4. The number of benzene rings is 2. The van der Waals surface area contributed by atoms with E-state index in [4.69, 9.17) is 16.3 Å². The molecular weight excluding hydrogens is 370 g/mol. The van der Waals surface area contributed by atoms with Crippen molar-refractivity contribution in [1.29, 1.82) is 0 Å². The van der Waals surface area contributed by atoms with Gasteiger partial charge in [0.2, 0.25) is 4.96 Å². The smallest absolute Gasteiger partial charge is 0.276 e. The molecule has 7 heteroatoms. The van der Waals surface area contributed by atoms with Gasteiger partial charge in [0.1, 0.15) is 5.75 Å². The summed E-state index contributed by atoms with van der Waals surface area (Å²) in [7, 11) is 0. The second-order valence-corrected chi connectivity index (χ2v) is 7.01. The third-order valence-corrected chi connectivity index (χ3v) is 5.05. The average Bonchev–Trinajstić information content (AvgIpc) is 3.19. The number of aromatic nitrogens is 3. The topological polar surface area (TPSA) is 56.5 Å². The van der Waals surface area contributed by atoms with Crippen LogP contribution in [0, 0.1) is 0 Å². The van der Waals surface area contributed by atoms with Crippen LogP contribution in [-0.4, -0.2) is 21.2 Å². The predicted molar refractivity (Wildman–Crippen MR) is 104 cm³/mol. The maximum absolute atomic E-state index is 12.8. The van der Waals surface area contributed by atoms with E-state index in [0.29, 0.717) is 26.9 Å². The van der Waals surface area contributed by atoms with Gasteiger partial charge in [-0.1, -0.05) is 35.1 Å². The number of hydrogen-bond donors (Lipinski definition) is 0. The van der Waals surface area contributed by atoms with Crippen molar-refractivity contribution >= 4 is 34.0 Å². The lowest BCUT2D eigenvalue weighted by molar-refractivity contribution is 0.340. The van der Waals surface area contributed by atoms with Crippen molar-refractivity contribution in [2.45, 2.75) is 6.92 Å². The van der Waals surface area contributed by atoms with Gasteiger partial charge in [-0.25, -0.2) is 4.40 Å². The zero-order valence-electron chi connectivity index (χ0n) is 13.8. The molecule has 0 saturated carbocycles. The Morgan fingerprint density at radius 1 is 1.12 bits per heavy atom. The summed E-state index contributed by atoms with van der Waals surface area (Å²) < 4.78 is 7.60. The molecule has 26 heavy (non-hydrogen) atoms. The molecule has 4 rings (SSSR count). The standard InChI is InChI=1S/C19H14ClN3O2S/c1-2-25-15-9-5-13(6-10-15)17-21-22-19-23(17)18(24)16(26-19)11-12-3-7-14(20)8-4-12/h3-11H,2H2,1H3/b16-11-. The summed E-state index contributed by atoms with van der Waals surface area (Å²) in [6.45, 7) is 2.54. The van der Waals surface area contributed by atoms with Gasteiger partial charge in [0.15, 0.2) is 5.82 Å². The Labute approximate surface area is 158 Å². The SMILES string of the molecule is CCOc1ccc(-c2nnc3s/c(=C\c4ccc(Cl)cc4)c(=O)n23)cc1. The van der Waals surface area contributed by atoms with Crippen LogP contribution in [0.15, 0.2) is 53.3 Å². The van der Waals surface area contributed by atoms with Gasteiger partial charge in [0, 0.05) is 10.6 Å². The summed E-state index contributed by atoms with van der Waals surface area (Å²) in [5.74, 6) is 1.31. The molecule has 2 aromatic heterocycles. The van der Waals surface area contributed by atoms with E-state index in [1.54, 1.807) is 16.5 Å². The van der Waals surface area contributed by atoms with Gasteiger partial charge in [-0.05, 0) is 55.0 Å². The highest BCUT2D eigenvalue weighted by molar-refractivity contribution is 7.15. The van der Waals surface area contributed by atoms with Gasteiger partial charge in [-0.3, -0.25) is 4.79 Å².